The molecule has 0 radical (unpaired) electrons. The second-order valence-electron chi connectivity index (χ2n) is 8.37. The van der Waals surface area contributed by atoms with Gasteiger partial charge in [-0.1, -0.05) is 17.2 Å². The fourth-order valence-corrected chi connectivity index (χ4v) is 6.79. The standard InChI is InChI=1S/C23H23N5O5S2/c1-13-11-19-17(12-18(13)32-2)20(21(34-19)22(29)24-23-25-27-28-26-23)33-16-5-3-14(4-6-16)15-7-9-35(30,31)10-8-15/h3-6,11-12,15H,7-10H2,1-2H3,(H2,24,25,26,27,28,29). The van der Waals surface area contributed by atoms with Crippen molar-refractivity contribution in [2.24, 2.45) is 0 Å². The molecule has 3 heterocycles. The van der Waals surface area contributed by atoms with E-state index in [0.717, 1.165) is 21.2 Å². The highest BCUT2D eigenvalue weighted by Gasteiger charge is 2.26. The number of ether oxygens (including phenoxy) is 2. The van der Waals surface area contributed by atoms with E-state index >= 15 is 0 Å². The van der Waals surface area contributed by atoms with Crippen LogP contribution in [0, 0.1) is 6.92 Å². The molecule has 182 valence electrons. The number of amides is 1. The van der Waals surface area contributed by atoms with Gasteiger partial charge in [-0.3, -0.25) is 10.1 Å². The van der Waals surface area contributed by atoms with Crippen molar-refractivity contribution in [2.45, 2.75) is 25.7 Å². The smallest absolute Gasteiger partial charge is 0.272 e. The van der Waals surface area contributed by atoms with Gasteiger partial charge in [0.05, 0.1) is 18.6 Å². The van der Waals surface area contributed by atoms with Crippen molar-refractivity contribution < 1.29 is 22.7 Å². The Morgan fingerprint density at radius 2 is 1.91 bits per heavy atom. The molecule has 1 fully saturated rings. The SMILES string of the molecule is COc1cc2c(Oc3ccc(C4CCS(=O)(=O)CC4)cc3)c(C(=O)Nc3nn[nH]n3)sc2cc1C. The van der Waals surface area contributed by atoms with Gasteiger partial charge in [-0.05, 0) is 66.3 Å². The van der Waals surface area contributed by atoms with E-state index in [-0.39, 0.29) is 23.4 Å². The summed E-state index contributed by atoms with van der Waals surface area (Å²) in [5.74, 6) is 1.94. The van der Waals surface area contributed by atoms with Crippen molar-refractivity contribution >= 4 is 43.1 Å². The van der Waals surface area contributed by atoms with Gasteiger partial charge in [-0.15, -0.1) is 16.4 Å². The number of aromatic amines is 1. The number of carbonyl (C=O) groups excluding carboxylic acids is 1. The van der Waals surface area contributed by atoms with E-state index in [0.29, 0.717) is 35.0 Å². The van der Waals surface area contributed by atoms with Gasteiger partial charge in [0.1, 0.15) is 26.2 Å². The third-order valence-electron chi connectivity index (χ3n) is 6.06. The maximum absolute atomic E-state index is 13.1. The monoisotopic (exact) mass is 513 g/mol. The van der Waals surface area contributed by atoms with Gasteiger partial charge in [0.2, 0.25) is 0 Å². The number of thiophene rings is 1. The maximum Gasteiger partial charge on any atom is 0.272 e. The average Bonchev–Trinajstić information content (AvgIpc) is 3.47. The number of hydrogen-bond acceptors (Lipinski definition) is 9. The number of benzene rings is 2. The van der Waals surface area contributed by atoms with E-state index in [1.54, 1.807) is 7.11 Å². The number of tetrazole rings is 1. The van der Waals surface area contributed by atoms with Crippen LogP contribution in [0.1, 0.15) is 39.6 Å². The molecule has 0 atom stereocenters. The van der Waals surface area contributed by atoms with E-state index in [2.05, 4.69) is 25.9 Å². The number of sulfone groups is 1. The van der Waals surface area contributed by atoms with Crippen LogP contribution in [0.5, 0.6) is 17.2 Å². The number of H-pyrrole nitrogens is 1. The number of nitrogens with one attached hydrogen (secondary N) is 2. The lowest BCUT2D eigenvalue weighted by atomic mass is 9.93. The lowest BCUT2D eigenvalue weighted by molar-refractivity contribution is 0.102. The number of anilines is 1. The highest BCUT2D eigenvalue weighted by atomic mass is 32.2. The van der Waals surface area contributed by atoms with Crippen LogP contribution in [0.3, 0.4) is 0 Å². The van der Waals surface area contributed by atoms with Gasteiger partial charge in [-0.25, -0.2) is 8.42 Å². The van der Waals surface area contributed by atoms with Crippen LogP contribution in [0.2, 0.25) is 0 Å². The van der Waals surface area contributed by atoms with Crippen LogP contribution in [-0.4, -0.2) is 53.6 Å². The van der Waals surface area contributed by atoms with Crippen molar-refractivity contribution in [2.75, 3.05) is 23.9 Å². The summed E-state index contributed by atoms with van der Waals surface area (Å²) in [5.41, 5.74) is 2.02. The number of aryl methyl sites for hydroxylation is 1. The van der Waals surface area contributed by atoms with Crippen LogP contribution in [-0.2, 0) is 9.84 Å². The molecule has 2 aromatic heterocycles. The van der Waals surface area contributed by atoms with E-state index in [1.165, 1.54) is 11.3 Å². The van der Waals surface area contributed by atoms with Gasteiger partial charge in [0.15, 0.2) is 5.75 Å². The van der Waals surface area contributed by atoms with Gasteiger partial charge in [-0.2, -0.15) is 5.21 Å². The van der Waals surface area contributed by atoms with Crippen molar-refractivity contribution in [1.29, 1.82) is 0 Å². The number of methoxy groups -OCH3 is 1. The summed E-state index contributed by atoms with van der Waals surface area (Å²) >= 11 is 1.30. The second-order valence-corrected chi connectivity index (χ2v) is 11.7. The Morgan fingerprint density at radius 3 is 2.57 bits per heavy atom. The van der Waals surface area contributed by atoms with Crippen LogP contribution in [0.25, 0.3) is 10.1 Å². The molecule has 35 heavy (non-hydrogen) atoms. The Labute approximate surface area is 205 Å². The molecule has 2 aromatic carbocycles. The zero-order valence-electron chi connectivity index (χ0n) is 19.1. The van der Waals surface area contributed by atoms with Crippen LogP contribution >= 0.6 is 11.3 Å². The predicted octanol–water partition coefficient (Wildman–Crippen LogP) is 4.07. The average molecular weight is 514 g/mol. The van der Waals surface area contributed by atoms with Crippen molar-refractivity contribution in [3.8, 4) is 17.2 Å². The van der Waals surface area contributed by atoms with Gasteiger partial charge in [0.25, 0.3) is 11.9 Å². The zero-order chi connectivity index (χ0) is 24.6. The first-order valence-corrected chi connectivity index (χ1v) is 13.6. The summed E-state index contributed by atoms with van der Waals surface area (Å²) in [6, 6.07) is 11.4. The number of carbonyl (C=O) groups is 1. The predicted molar refractivity (Wildman–Crippen MR) is 132 cm³/mol. The molecule has 1 aliphatic heterocycles. The molecule has 1 amide bonds. The van der Waals surface area contributed by atoms with Gasteiger partial charge in [0, 0.05) is 10.1 Å². The summed E-state index contributed by atoms with van der Waals surface area (Å²) in [4.78, 5) is 13.4. The minimum atomic E-state index is -2.91. The Balaban J connectivity index is 1.46. The fraction of sp³-hybridized carbons (Fsp3) is 0.304. The molecular formula is C23H23N5O5S2. The van der Waals surface area contributed by atoms with Crippen molar-refractivity contribution in [3.63, 3.8) is 0 Å². The molecule has 5 rings (SSSR count). The summed E-state index contributed by atoms with van der Waals surface area (Å²) in [7, 11) is -1.32. The minimum Gasteiger partial charge on any atom is -0.496 e. The largest absolute Gasteiger partial charge is 0.496 e. The molecule has 2 N–H and O–H groups in total. The topological polar surface area (TPSA) is 136 Å². The van der Waals surface area contributed by atoms with Gasteiger partial charge < -0.3 is 9.47 Å². The first-order chi connectivity index (χ1) is 16.8. The molecule has 0 unspecified atom stereocenters. The highest BCUT2D eigenvalue weighted by molar-refractivity contribution is 7.91. The molecule has 10 nitrogen and oxygen atoms in total. The molecule has 1 aliphatic rings. The minimum absolute atomic E-state index is 0.0611. The lowest BCUT2D eigenvalue weighted by Crippen LogP contribution is -2.22. The number of hydrogen-bond donors (Lipinski definition) is 2. The Kier molecular flexibility index (Phi) is 6.15. The summed E-state index contributed by atoms with van der Waals surface area (Å²) < 4.78 is 36.1. The summed E-state index contributed by atoms with van der Waals surface area (Å²) in [5, 5.41) is 16.7. The number of aromatic nitrogens is 4. The third kappa shape index (κ3) is 4.84. The zero-order valence-corrected chi connectivity index (χ0v) is 20.7. The van der Waals surface area contributed by atoms with E-state index < -0.39 is 15.7 Å². The Bertz CT molecular complexity index is 1470. The van der Waals surface area contributed by atoms with Crippen molar-refractivity contribution in [1.82, 2.24) is 20.6 Å². The van der Waals surface area contributed by atoms with Crippen LogP contribution in [0.4, 0.5) is 5.95 Å². The molecule has 0 aliphatic carbocycles. The summed E-state index contributed by atoms with van der Waals surface area (Å²) in [6.07, 6.45) is 1.24. The first kappa shape index (κ1) is 23.2. The molecule has 12 heteroatoms. The second kappa shape index (κ2) is 9.27. The van der Waals surface area contributed by atoms with Crippen LogP contribution in [0.15, 0.2) is 36.4 Å². The summed E-state index contributed by atoms with van der Waals surface area (Å²) in [6.45, 7) is 1.94. The third-order valence-corrected chi connectivity index (χ3v) is 8.91. The van der Waals surface area contributed by atoms with E-state index in [9.17, 15) is 13.2 Å². The normalized spacial score (nSPS) is 15.7. The van der Waals surface area contributed by atoms with Crippen LogP contribution < -0.4 is 14.8 Å². The molecular weight excluding hydrogens is 490 g/mol. The molecule has 1 saturated heterocycles. The molecule has 4 aromatic rings. The van der Waals surface area contributed by atoms with Gasteiger partial charge >= 0.3 is 0 Å². The number of fused-ring (bicyclic) bond motifs is 1. The highest BCUT2D eigenvalue weighted by Crippen LogP contribution is 2.43. The first-order valence-electron chi connectivity index (χ1n) is 11.0. The molecule has 0 spiro atoms. The molecule has 0 bridgehead atoms. The molecule has 0 saturated carbocycles. The Hall–Kier alpha value is -3.51. The quantitative estimate of drug-likeness (QED) is 0.394. The fourth-order valence-electron chi connectivity index (χ4n) is 4.20. The van der Waals surface area contributed by atoms with E-state index in [1.807, 2.05) is 43.3 Å². The lowest BCUT2D eigenvalue weighted by Gasteiger charge is -2.22. The van der Waals surface area contributed by atoms with Crippen molar-refractivity contribution in [3.05, 3.63) is 52.4 Å². The maximum atomic E-state index is 13.1. The number of nitrogens with zero attached hydrogens (tertiary/aromatic N) is 3. The van der Waals surface area contributed by atoms with E-state index in [4.69, 9.17) is 9.47 Å². The Morgan fingerprint density at radius 1 is 1.17 bits per heavy atom. The number of rotatable bonds is 6.